The highest BCUT2D eigenvalue weighted by Gasteiger charge is 2.00. The van der Waals surface area contributed by atoms with E-state index in [4.69, 9.17) is 0 Å². The van der Waals surface area contributed by atoms with Crippen LogP contribution in [0.3, 0.4) is 0 Å². The van der Waals surface area contributed by atoms with E-state index in [1.165, 1.54) is 0 Å². The number of nitrogens with one attached hydrogen (secondary N) is 2. The second-order valence-corrected chi connectivity index (χ2v) is 3.77. The van der Waals surface area contributed by atoms with Crippen molar-refractivity contribution in [1.82, 2.24) is 20.2 Å². The predicted molar refractivity (Wildman–Crippen MR) is 62.8 cm³/mol. The number of aromatic nitrogens is 2. The van der Waals surface area contributed by atoms with Crippen LogP contribution in [-0.2, 0) is 18.4 Å². The molecule has 1 aromatic rings. The molecule has 1 aromatic heterocycles. The second-order valence-electron chi connectivity index (χ2n) is 3.77. The standard InChI is InChI=1S/C11H20N4O/c1-3-5-14-11(16)4-6-12-7-10-8-13-9-15(10)2/h8-9,12H,3-7H2,1-2H3,(H,14,16). The number of rotatable bonds is 7. The summed E-state index contributed by atoms with van der Waals surface area (Å²) in [7, 11) is 1.96. The van der Waals surface area contributed by atoms with Gasteiger partial charge in [-0.15, -0.1) is 0 Å². The van der Waals surface area contributed by atoms with Crippen LogP contribution in [0, 0.1) is 0 Å². The summed E-state index contributed by atoms with van der Waals surface area (Å²) in [4.78, 5) is 15.3. The van der Waals surface area contributed by atoms with Crippen LogP contribution in [0.25, 0.3) is 0 Å². The van der Waals surface area contributed by atoms with Crippen molar-refractivity contribution in [1.29, 1.82) is 0 Å². The molecule has 1 amide bonds. The molecule has 0 bridgehead atoms. The Morgan fingerprint density at radius 2 is 2.31 bits per heavy atom. The van der Waals surface area contributed by atoms with Gasteiger partial charge < -0.3 is 15.2 Å². The van der Waals surface area contributed by atoms with Crippen molar-refractivity contribution < 1.29 is 4.79 Å². The van der Waals surface area contributed by atoms with Gasteiger partial charge in [-0.2, -0.15) is 0 Å². The molecule has 0 atom stereocenters. The molecule has 90 valence electrons. The normalized spacial score (nSPS) is 10.4. The SMILES string of the molecule is CCCNC(=O)CCNCc1cncn1C. The molecule has 0 saturated heterocycles. The van der Waals surface area contributed by atoms with Crippen LogP contribution in [0.4, 0.5) is 0 Å². The van der Waals surface area contributed by atoms with Crippen molar-refractivity contribution in [2.24, 2.45) is 7.05 Å². The second kappa shape index (κ2) is 7.00. The highest BCUT2D eigenvalue weighted by Crippen LogP contribution is 1.94. The van der Waals surface area contributed by atoms with Gasteiger partial charge in [0.2, 0.25) is 5.91 Å². The van der Waals surface area contributed by atoms with Gasteiger partial charge in [-0.3, -0.25) is 4.79 Å². The molecule has 0 aliphatic carbocycles. The molecule has 2 N–H and O–H groups in total. The van der Waals surface area contributed by atoms with Gasteiger partial charge in [0.05, 0.1) is 12.0 Å². The molecule has 1 rings (SSSR count). The van der Waals surface area contributed by atoms with Gasteiger partial charge in [0.25, 0.3) is 0 Å². The first kappa shape index (κ1) is 12.7. The smallest absolute Gasteiger partial charge is 0.221 e. The van der Waals surface area contributed by atoms with E-state index < -0.39 is 0 Å². The average molecular weight is 224 g/mol. The minimum atomic E-state index is 0.111. The fraction of sp³-hybridized carbons (Fsp3) is 0.636. The molecule has 0 aromatic carbocycles. The zero-order valence-corrected chi connectivity index (χ0v) is 9.99. The molecular weight excluding hydrogens is 204 g/mol. The molecule has 0 radical (unpaired) electrons. The van der Waals surface area contributed by atoms with Crippen LogP contribution in [0.1, 0.15) is 25.5 Å². The van der Waals surface area contributed by atoms with E-state index in [1.807, 2.05) is 24.7 Å². The molecular formula is C11H20N4O. The molecule has 5 heteroatoms. The van der Waals surface area contributed by atoms with Crippen LogP contribution in [0.15, 0.2) is 12.5 Å². The van der Waals surface area contributed by atoms with E-state index in [9.17, 15) is 4.79 Å². The summed E-state index contributed by atoms with van der Waals surface area (Å²) in [6.45, 7) is 4.25. The summed E-state index contributed by atoms with van der Waals surface area (Å²) >= 11 is 0. The predicted octanol–water partition coefficient (Wildman–Crippen LogP) is 0.426. The number of aryl methyl sites for hydroxylation is 1. The summed E-state index contributed by atoms with van der Waals surface area (Å²) in [5, 5.41) is 6.06. The van der Waals surface area contributed by atoms with E-state index in [1.54, 1.807) is 6.33 Å². The first-order valence-electron chi connectivity index (χ1n) is 5.66. The number of hydrogen-bond donors (Lipinski definition) is 2. The Hall–Kier alpha value is -1.36. The van der Waals surface area contributed by atoms with Gasteiger partial charge in [0.15, 0.2) is 0 Å². The topological polar surface area (TPSA) is 59.0 Å². The summed E-state index contributed by atoms with van der Waals surface area (Å²) in [6.07, 6.45) is 5.10. The summed E-state index contributed by atoms with van der Waals surface area (Å²) < 4.78 is 1.96. The minimum absolute atomic E-state index is 0.111. The highest BCUT2D eigenvalue weighted by molar-refractivity contribution is 5.75. The molecule has 0 fully saturated rings. The monoisotopic (exact) mass is 224 g/mol. The third-order valence-corrected chi connectivity index (χ3v) is 2.32. The van der Waals surface area contributed by atoms with Crippen molar-refractivity contribution in [3.8, 4) is 0 Å². The van der Waals surface area contributed by atoms with Crippen LogP contribution < -0.4 is 10.6 Å². The Labute approximate surface area is 96.3 Å². The largest absolute Gasteiger partial charge is 0.356 e. The first-order valence-corrected chi connectivity index (χ1v) is 5.66. The van der Waals surface area contributed by atoms with Crippen molar-refractivity contribution in [2.45, 2.75) is 26.3 Å². The van der Waals surface area contributed by atoms with Crippen LogP contribution in [-0.4, -0.2) is 28.5 Å². The van der Waals surface area contributed by atoms with Crippen LogP contribution in [0.2, 0.25) is 0 Å². The fourth-order valence-corrected chi connectivity index (χ4v) is 1.33. The lowest BCUT2D eigenvalue weighted by Crippen LogP contribution is -2.28. The number of nitrogens with zero attached hydrogens (tertiary/aromatic N) is 2. The van der Waals surface area contributed by atoms with Gasteiger partial charge in [-0.05, 0) is 6.42 Å². The van der Waals surface area contributed by atoms with E-state index >= 15 is 0 Å². The van der Waals surface area contributed by atoms with E-state index in [0.717, 1.165) is 25.2 Å². The highest BCUT2D eigenvalue weighted by atomic mass is 16.1. The van der Waals surface area contributed by atoms with Gasteiger partial charge >= 0.3 is 0 Å². The number of imidazole rings is 1. The maximum Gasteiger partial charge on any atom is 0.221 e. The van der Waals surface area contributed by atoms with Gasteiger partial charge in [-0.1, -0.05) is 6.92 Å². The van der Waals surface area contributed by atoms with Crippen molar-refractivity contribution in [3.05, 3.63) is 18.2 Å². The average Bonchev–Trinajstić information content (AvgIpc) is 2.67. The Balaban J connectivity index is 2.08. The quantitative estimate of drug-likeness (QED) is 0.660. The van der Waals surface area contributed by atoms with E-state index in [2.05, 4.69) is 15.6 Å². The maximum absolute atomic E-state index is 11.3. The zero-order valence-electron chi connectivity index (χ0n) is 9.99. The number of carbonyl (C=O) groups excluding carboxylic acids is 1. The van der Waals surface area contributed by atoms with Crippen LogP contribution >= 0.6 is 0 Å². The van der Waals surface area contributed by atoms with Gasteiger partial charge in [-0.25, -0.2) is 4.98 Å². The van der Waals surface area contributed by atoms with Crippen molar-refractivity contribution >= 4 is 5.91 Å². The maximum atomic E-state index is 11.3. The van der Waals surface area contributed by atoms with Crippen molar-refractivity contribution in [2.75, 3.05) is 13.1 Å². The summed E-state index contributed by atoms with van der Waals surface area (Å²) in [6, 6.07) is 0. The van der Waals surface area contributed by atoms with Gasteiger partial charge in [0, 0.05) is 39.3 Å². The Bertz CT molecular complexity index is 322. The van der Waals surface area contributed by atoms with E-state index in [-0.39, 0.29) is 5.91 Å². The number of amides is 1. The van der Waals surface area contributed by atoms with E-state index in [0.29, 0.717) is 13.0 Å². The minimum Gasteiger partial charge on any atom is -0.356 e. The zero-order chi connectivity index (χ0) is 11.8. The molecule has 0 aliphatic heterocycles. The molecule has 1 heterocycles. The number of hydrogen-bond acceptors (Lipinski definition) is 3. The Morgan fingerprint density at radius 3 is 2.94 bits per heavy atom. The fourth-order valence-electron chi connectivity index (χ4n) is 1.33. The first-order chi connectivity index (χ1) is 7.74. The molecule has 0 unspecified atom stereocenters. The third-order valence-electron chi connectivity index (χ3n) is 2.32. The Morgan fingerprint density at radius 1 is 1.50 bits per heavy atom. The lowest BCUT2D eigenvalue weighted by Gasteiger charge is -2.05. The van der Waals surface area contributed by atoms with Crippen molar-refractivity contribution in [3.63, 3.8) is 0 Å². The van der Waals surface area contributed by atoms with Gasteiger partial charge in [0.1, 0.15) is 0 Å². The molecule has 0 spiro atoms. The Kier molecular flexibility index (Phi) is 5.56. The lowest BCUT2D eigenvalue weighted by molar-refractivity contribution is -0.120. The molecule has 0 aliphatic rings. The summed E-state index contributed by atoms with van der Waals surface area (Å²) in [5.74, 6) is 0.111. The summed E-state index contributed by atoms with van der Waals surface area (Å²) in [5.41, 5.74) is 1.12. The molecule has 16 heavy (non-hydrogen) atoms. The lowest BCUT2D eigenvalue weighted by atomic mass is 10.3. The van der Waals surface area contributed by atoms with Crippen LogP contribution in [0.5, 0.6) is 0 Å². The molecule has 5 nitrogen and oxygen atoms in total. The molecule has 0 saturated carbocycles. The number of carbonyl (C=O) groups is 1. The third kappa shape index (κ3) is 4.44.